The van der Waals surface area contributed by atoms with Gasteiger partial charge in [0.15, 0.2) is 0 Å². The van der Waals surface area contributed by atoms with Gasteiger partial charge in [-0.05, 0) is 244 Å². The van der Waals surface area contributed by atoms with Gasteiger partial charge in [0.2, 0.25) is 0 Å². The molecule has 5 aromatic rings. The van der Waals surface area contributed by atoms with Crippen molar-refractivity contribution in [2.75, 3.05) is 0 Å². The summed E-state index contributed by atoms with van der Waals surface area (Å²) < 4.78 is 0. The molecule has 0 atom stereocenters. The van der Waals surface area contributed by atoms with Crippen molar-refractivity contribution in [3.05, 3.63) is 245 Å². The Morgan fingerprint density at radius 3 is 1.50 bits per heavy atom. The van der Waals surface area contributed by atoms with Crippen molar-refractivity contribution in [2.45, 2.75) is 215 Å². The van der Waals surface area contributed by atoms with Gasteiger partial charge < -0.3 is 0 Å². The molecule has 9 aliphatic carbocycles. The Balaban J connectivity index is 0.000000142. The molecule has 0 aromatic heterocycles. The predicted molar refractivity (Wildman–Crippen MR) is 356 cm³/mol. The van der Waals surface area contributed by atoms with Gasteiger partial charge >= 0.3 is 0 Å². The monoisotopic (exact) mass is 1080 g/mol. The number of benzene rings is 5. The number of aryl methyl sites for hydroxylation is 2. The second-order valence-electron chi connectivity index (χ2n) is 28.5. The molecule has 0 aliphatic heterocycles. The molecule has 9 aliphatic rings. The molecule has 0 nitrogen and oxygen atoms in total. The molecular formula is C82H96. The average Bonchev–Trinajstić information content (AvgIpc) is 4.00. The smallest absolute Gasteiger partial charge is 0.0159 e. The fraction of sp³-hybridized carbons (Fsp3) is 0.415. The molecule has 0 heteroatoms. The van der Waals surface area contributed by atoms with E-state index in [-0.39, 0.29) is 27.1 Å². The summed E-state index contributed by atoms with van der Waals surface area (Å²) in [6.45, 7) is 43.6. The first kappa shape index (κ1) is 57.6. The highest BCUT2D eigenvalue weighted by molar-refractivity contribution is 5.99. The van der Waals surface area contributed by atoms with Crippen molar-refractivity contribution in [3.8, 4) is 22.3 Å². The van der Waals surface area contributed by atoms with Crippen LogP contribution in [0.4, 0.5) is 0 Å². The molecule has 0 unspecified atom stereocenters. The Morgan fingerprint density at radius 2 is 0.963 bits per heavy atom. The standard InChI is InChI=1S/C36H40.C33H34.C11H16.C2H6/c1-7-22-13-16-25-27-19-32-28(20-31(27)36(5,6)30(25)18-22)34-29(35(32,3)4)17-12-21(2)33(34)26-11-9-8-10-24(26)23-14-15-23;1-7-21-12-8-9-13-22(21)30-20(2)16-17-27-31(30)25-19-28-24(18-29(25)33(27,5)6)23-14-10-11-15-26(23)32(28,3)4;1-9-5-7-10(8-6-9)11(2,3)4;1-2/h9,11,13,16,18-20,23H,7-8,10,12,14-15,17H2,1-6H3;7,9-11,13-15,18-19H,1,8,12,16-17H2,2-6H3;5-8H,1-4H3;1-2H3. The molecule has 0 spiro atoms. The van der Waals surface area contributed by atoms with Crippen molar-refractivity contribution in [3.63, 3.8) is 0 Å². The van der Waals surface area contributed by atoms with E-state index in [1.54, 1.807) is 44.6 Å². The molecule has 82 heavy (non-hydrogen) atoms. The highest BCUT2D eigenvalue weighted by atomic mass is 14.5. The zero-order chi connectivity index (χ0) is 58.6. The van der Waals surface area contributed by atoms with E-state index in [0.29, 0.717) is 0 Å². The molecule has 0 saturated heterocycles. The molecule has 0 amide bonds. The lowest BCUT2D eigenvalue weighted by Gasteiger charge is -2.30. The van der Waals surface area contributed by atoms with Gasteiger partial charge in [-0.1, -0.05) is 234 Å². The number of rotatable bonds is 5. The number of hydrogen-bond donors (Lipinski definition) is 0. The minimum atomic E-state index is 0.0261. The third-order valence-electron chi connectivity index (χ3n) is 21.1. The summed E-state index contributed by atoms with van der Waals surface area (Å²) in [5.74, 6) is 0.839. The van der Waals surface area contributed by atoms with Gasteiger partial charge in [-0.15, -0.1) is 0 Å². The highest BCUT2D eigenvalue weighted by Gasteiger charge is 2.47. The molecule has 0 bridgehead atoms. The quantitative estimate of drug-likeness (QED) is 0.165. The van der Waals surface area contributed by atoms with Gasteiger partial charge in [0.25, 0.3) is 0 Å². The fourth-order valence-corrected chi connectivity index (χ4v) is 16.0. The van der Waals surface area contributed by atoms with Gasteiger partial charge in [0, 0.05) is 21.7 Å². The normalized spacial score (nSPS) is 20.5. The largest absolute Gasteiger partial charge is 0.0988 e. The van der Waals surface area contributed by atoms with Crippen LogP contribution in [0.2, 0.25) is 0 Å². The summed E-state index contributed by atoms with van der Waals surface area (Å²) in [7, 11) is 0. The van der Waals surface area contributed by atoms with Crippen LogP contribution in [0, 0.1) is 12.8 Å². The number of allylic oxidation sites excluding steroid dienone is 17. The third kappa shape index (κ3) is 9.31. The average molecular weight is 1080 g/mol. The molecule has 1 saturated carbocycles. The number of fused-ring (bicyclic) bond motifs is 10. The summed E-state index contributed by atoms with van der Waals surface area (Å²) in [6.07, 6.45) is 25.0. The lowest BCUT2D eigenvalue weighted by Crippen LogP contribution is -2.19. The van der Waals surface area contributed by atoms with Crippen molar-refractivity contribution >= 4 is 11.1 Å². The first-order valence-corrected chi connectivity index (χ1v) is 32.0. The van der Waals surface area contributed by atoms with Crippen LogP contribution in [0.3, 0.4) is 0 Å². The lowest BCUT2D eigenvalue weighted by molar-refractivity contribution is 0.590. The Morgan fingerprint density at radius 1 is 0.488 bits per heavy atom. The summed E-state index contributed by atoms with van der Waals surface area (Å²) in [5.41, 5.74) is 41.3. The van der Waals surface area contributed by atoms with Gasteiger partial charge in [-0.3, -0.25) is 0 Å². The van der Waals surface area contributed by atoms with Gasteiger partial charge in [0.05, 0.1) is 0 Å². The van der Waals surface area contributed by atoms with Crippen LogP contribution in [0.5, 0.6) is 0 Å². The first-order chi connectivity index (χ1) is 39.0. The fourth-order valence-electron chi connectivity index (χ4n) is 16.0. The van der Waals surface area contributed by atoms with Crippen LogP contribution >= 0.6 is 0 Å². The van der Waals surface area contributed by atoms with E-state index >= 15 is 0 Å². The summed E-state index contributed by atoms with van der Waals surface area (Å²) in [4.78, 5) is 0. The van der Waals surface area contributed by atoms with Crippen LogP contribution < -0.4 is 0 Å². The van der Waals surface area contributed by atoms with Crippen molar-refractivity contribution in [1.82, 2.24) is 0 Å². The topological polar surface area (TPSA) is 0 Å². The van der Waals surface area contributed by atoms with E-state index in [0.717, 1.165) is 38.0 Å². The molecule has 14 rings (SSSR count). The van der Waals surface area contributed by atoms with Crippen LogP contribution in [0.15, 0.2) is 184 Å². The summed E-state index contributed by atoms with van der Waals surface area (Å²) in [6, 6.07) is 35.3. The molecule has 0 N–H and O–H groups in total. The minimum absolute atomic E-state index is 0.0261. The molecule has 424 valence electrons. The SMILES string of the molecule is C=CC1=C(C2=C(C)CCC3=C2c2cc4c(cc2C3(C)C)-c2ccccc2C4(C)C)C=CCC1.CC.CCc1ccc2c(c1)C(C)(C)c1cc3c(cc1-2)C(C)(C)C1=C3C(C2=C(C3CC3)CCC=C2)=C(C)CC1.Cc1ccc(C(C)(C)C)cc1. The minimum Gasteiger partial charge on any atom is -0.0988 e. The number of hydrogen-bond acceptors (Lipinski definition) is 0. The molecular weight excluding hydrogens is 985 g/mol. The Labute approximate surface area is 496 Å². The second kappa shape index (κ2) is 21.1. The maximum Gasteiger partial charge on any atom is 0.0159 e. The Bertz CT molecular complexity index is 3730. The highest BCUT2D eigenvalue weighted by Crippen LogP contribution is 2.62. The summed E-state index contributed by atoms with van der Waals surface area (Å²) >= 11 is 0. The van der Waals surface area contributed by atoms with Crippen LogP contribution in [-0.4, -0.2) is 0 Å². The first-order valence-electron chi connectivity index (χ1n) is 32.0. The van der Waals surface area contributed by atoms with Crippen molar-refractivity contribution in [1.29, 1.82) is 0 Å². The maximum absolute atomic E-state index is 4.17. The van der Waals surface area contributed by atoms with E-state index in [9.17, 15) is 0 Å². The lowest BCUT2D eigenvalue weighted by atomic mass is 9.74. The van der Waals surface area contributed by atoms with E-state index in [1.807, 2.05) is 13.8 Å². The summed E-state index contributed by atoms with van der Waals surface area (Å²) in [5, 5.41) is 0. The van der Waals surface area contributed by atoms with E-state index in [2.05, 4.69) is 232 Å². The maximum atomic E-state index is 4.17. The second-order valence-corrected chi connectivity index (χ2v) is 28.5. The molecule has 0 heterocycles. The van der Waals surface area contributed by atoms with Gasteiger partial charge in [-0.2, -0.15) is 0 Å². The third-order valence-corrected chi connectivity index (χ3v) is 21.1. The van der Waals surface area contributed by atoms with Crippen molar-refractivity contribution in [2.24, 2.45) is 5.92 Å². The van der Waals surface area contributed by atoms with Crippen LogP contribution in [0.1, 0.15) is 236 Å². The Hall–Kier alpha value is -6.24. The van der Waals surface area contributed by atoms with E-state index in [4.69, 9.17) is 0 Å². The van der Waals surface area contributed by atoms with Crippen LogP contribution in [-0.2, 0) is 33.5 Å². The molecule has 1 fully saturated rings. The molecule has 0 radical (unpaired) electrons. The van der Waals surface area contributed by atoms with Gasteiger partial charge in [-0.25, -0.2) is 0 Å². The van der Waals surface area contributed by atoms with Gasteiger partial charge in [0.1, 0.15) is 0 Å². The van der Waals surface area contributed by atoms with E-state index < -0.39 is 0 Å². The van der Waals surface area contributed by atoms with Crippen LogP contribution in [0.25, 0.3) is 33.4 Å². The zero-order valence-electron chi connectivity index (χ0n) is 53.6. The predicted octanol–water partition coefficient (Wildman–Crippen LogP) is 23.1. The Kier molecular flexibility index (Phi) is 14.8. The zero-order valence-corrected chi connectivity index (χ0v) is 53.6. The van der Waals surface area contributed by atoms with Crippen molar-refractivity contribution < 1.29 is 0 Å². The molecule has 5 aromatic carbocycles. The van der Waals surface area contributed by atoms with E-state index in [1.165, 1.54) is 144 Å².